The van der Waals surface area contributed by atoms with E-state index in [-0.39, 0.29) is 36.4 Å². The Kier molecular flexibility index (Phi) is 12.8. The number of aliphatic hydroxyl groups excluding tert-OH is 1. The number of aliphatic imine (C=N–C) groups is 1. The predicted molar refractivity (Wildman–Crippen MR) is 98.2 cm³/mol. The van der Waals surface area contributed by atoms with Crippen LogP contribution in [0, 0.1) is 5.82 Å². The van der Waals surface area contributed by atoms with Gasteiger partial charge in [-0.1, -0.05) is 0 Å². The monoisotopic (exact) mass is 427 g/mol. The molecule has 7 heteroatoms. The van der Waals surface area contributed by atoms with Crippen LogP contribution in [0.4, 0.5) is 4.39 Å². The van der Waals surface area contributed by atoms with Crippen LogP contribution >= 0.6 is 35.7 Å². The van der Waals surface area contributed by atoms with Gasteiger partial charge in [0.2, 0.25) is 0 Å². The summed E-state index contributed by atoms with van der Waals surface area (Å²) in [5, 5.41) is 14.9. The third kappa shape index (κ3) is 9.92. The first kappa shape index (κ1) is 20.5. The van der Waals surface area contributed by atoms with Gasteiger partial charge in [0.25, 0.3) is 0 Å². The molecule has 1 aromatic rings. The van der Waals surface area contributed by atoms with E-state index >= 15 is 0 Å². The van der Waals surface area contributed by atoms with Crippen molar-refractivity contribution in [2.75, 3.05) is 32.0 Å². The molecule has 4 nitrogen and oxygen atoms in total. The number of benzene rings is 1. The molecule has 0 aliphatic rings. The minimum atomic E-state index is -0.204. The molecule has 21 heavy (non-hydrogen) atoms. The second kappa shape index (κ2) is 13.1. The summed E-state index contributed by atoms with van der Waals surface area (Å²) in [6.07, 6.45) is 0.942. The van der Waals surface area contributed by atoms with Crippen LogP contribution in [0.15, 0.2) is 34.2 Å². The Morgan fingerprint density at radius 3 is 2.62 bits per heavy atom. The summed E-state index contributed by atoms with van der Waals surface area (Å²) < 4.78 is 12.7. The second-order valence-electron chi connectivity index (χ2n) is 4.07. The van der Waals surface area contributed by atoms with Crippen molar-refractivity contribution in [3.05, 3.63) is 30.1 Å². The fourth-order valence-electron chi connectivity index (χ4n) is 1.49. The summed E-state index contributed by atoms with van der Waals surface area (Å²) in [5.74, 6) is 1.46. The van der Waals surface area contributed by atoms with Crippen molar-refractivity contribution in [1.82, 2.24) is 10.6 Å². The van der Waals surface area contributed by atoms with E-state index in [1.54, 1.807) is 23.9 Å². The van der Waals surface area contributed by atoms with E-state index in [9.17, 15) is 4.39 Å². The van der Waals surface area contributed by atoms with Crippen LogP contribution in [-0.2, 0) is 0 Å². The first-order chi connectivity index (χ1) is 9.76. The maximum Gasteiger partial charge on any atom is 0.191 e. The van der Waals surface area contributed by atoms with Gasteiger partial charge in [-0.05, 0) is 43.4 Å². The Labute approximate surface area is 147 Å². The Hall–Kier alpha value is -0.540. The molecule has 0 atom stereocenters. The van der Waals surface area contributed by atoms with Crippen molar-refractivity contribution in [2.24, 2.45) is 4.99 Å². The lowest BCUT2D eigenvalue weighted by Crippen LogP contribution is -2.38. The summed E-state index contributed by atoms with van der Waals surface area (Å²) in [6, 6.07) is 6.53. The summed E-state index contributed by atoms with van der Waals surface area (Å²) in [4.78, 5) is 5.48. The number of aliphatic hydroxyl groups is 1. The molecule has 1 aromatic carbocycles. The number of guanidine groups is 1. The predicted octanol–water partition coefficient (Wildman–Crippen LogP) is 2.47. The lowest BCUT2D eigenvalue weighted by Gasteiger charge is -2.09. The van der Waals surface area contributed by atoms with Gasteiger partial charge in [0.15, 0.2) is 5.96 Å². The van der Waals surface area contributed by atoms with Crippen LogP contribution in [-0.4, -0.2) is 43.1 Å². The number of halogens is 2. The molecule has 0 heterocycles. The molecule has 0 unspecified atom stereocenters. The molecule has 0 amide bonds. The van der Waals surface area contributed by atoms with Crippen LogP contribution in [0.1, 0.15) is 13.3 Å². The van der Waals surface area contributed by atoms with Crippen molar-refractivity contribution in [1.29, 1.82) is 0 Å². The van der Waals surface area contributed by atoms with E-state index in [4.69, 9.17) is 5.11 Å². The molecule has 0 spiro atoms. The number of thioether (sulfide) groups is 1. The highest BCUT2D eigenvalue weighted by Crippen LogP contribution is 2.18. The van der Waals surface area contributed by atoms with Crippen molar-refractivity contribution in [3.63, 3.8) is 0 Å². The summed E-state index contributed by atoms with van der Waals surface area (Å²) in [6.45, 7) is 4.10. The minimum Gasteiger partial charge on any atom is -0.395 e. The first-order valence-corrected chi connectivity index (χ1v) is 7.76. The van der Waals surface area contributed by atoms with Crippen LogP contribution < -0.4 is 10.6 Å². The number of nitrogens with zero attached hydrogens (tertiary/aromatic N) is 1. The smallest absolute Gasteiger partial charge is 0.191 e. The summed E-state index contributed by atoms with van der Waals surface area (Å²) in [7, 11) is 0. The molecule has 0 aliphatic carbocycles. The van der Waals surface area contributed by atoms with Gasteiger partial charge in [-0.2, -0.15) is 0 Å². The average molecular weight is 427 g/mol. The van der Waals surface area contributed by atoms with Gasteiger partial charge in [-0.25, -0.2) is 4.39 Å². The molecule has 0 aromatic heterocycles. The molecule has 0 radical (unpaired) electrons. The van der Waals surface area contributed by atoms with Crippen LogP contribution in [0.3, 0.4) is 0 Å². The minimum absolute atomic E-state index is 0. The molecule has 0 fully saturated rings. The fourth-order valence-corrected chi connectivity index (χ4v) is 2.33. The number of hydrogen-bond donors (Lipinski definition) is 3. The van der Waals surface area contributed by atoms with E-state index in [2.05, 4.69) is 15.6 Å². The lowest BCUT2D eigenvalue weighted by molar-refractivity contribution is 0.300. The van der Waals surface area contributed by atoms with Gasteiger partial charge in [0, 0.05) is 24.5 Å². The maximum atomic E-state index is 12.7. The maximum absolute atomic E-state index is 12.7. The zero-order valence-electron chi connectivity index (χ0n) is 12.1. The SMILES string of the molecule is CCNC(=NCCCSc1ccc(F)cc1)NCCO.I. The molecular weight excluding hydrogens is 404 g/mol. The standard InChI is InChI=1S/C14H22FN3OS.HI/c1-2-16-14(18-9-10-19)17-8-3-11-20-13-6-4-12(15)5-7-13;/h4-7,19H,2-3,8-11H2,1H3,(H2,16,17,18);1H. The summed E-state index contributed by atoms with van der Waals surface area (Å²) in [5.41, 5.74) is 0. The van der Waals surface area contributed by atoms with E-state index in [1.165, 1.54) is 12.1 Å². The molecule has 0 bridgehead atoms. The van der Waals surface area contributed by atoms with Crippen molar-refractivity contribution in [3.8, 4) is 0 Å². The Bertz CT molecular complexity index is 404. The molecule has 120 valence electrons. The van der Waals surface area contributed by atoms with Gasteiger partial charge in [-0.3, -0.25) is 4.99 Å². The summed E-state index contributed by atoms with van der Waals surface area (Å²) >= 11 is 1.70. The van der Waals surface area contributed by atoms with E-state index in [0.29, 0.717) is 6.54 Å². The average Bonchev–Trinajstić information content (AvgIpc) is 2.46. The number of nitrogens with one attached hydrogen (secondary N) is 2. The van der Waals surface area contributed by atoms with E-state index in [1.807, 2.05) is 6.92 Å². The quantitative estimate of drug-likeness (QED) is 0.196. The Morgan fingerprint density at radius 2 is 2.00 bits per heavy atom. The number of hydrogen-bond acceptors (Lipinski definition) is 3. The van der Waals surface area contributed by atoms with E-state index < -0.39 is 0 Å². The van der Waals surface area contributed by atoms with Crippen LogP contribution in [0.5, 0.6) is 0 Å². The molecule has 1 rings (SSSR count). The van der Waals surface area contributed by atoms with Crippen LogP contribution in [0.25, 0.3) is 0 Å². The van der Waals surface area contributed by atoms with Crippen molar-refractivity contribution >= 4 is 41.7 Å². The normalized spacial score (nSPS) is 10.9. The highest BCUT2D eigenvalue weighted by atomic mass is 127. The highest BCUT2D eigenvalue weighted by molar-refractivity contribution is 14.0. The molecule has 0 saturated heterocycles. The van der Waals surface area contributed by atoms with Gasteiger partial charge < -0.3 is 15.7 Å². The molecular formula is C14H23FIN3OS. The zero-order chi connectivity index (χ0) is 14.6. The van der Waals surface area contributed by atoms with E-state index in [0.717, 1.165) is 36.1 Å². The topological polar surface area (TPSA) is 56.7 Å². The van der Waals surface area contributed by atoms with Gasteiger partial charge in [0.05, 0.1) is 6.61 Å². The molecule has 0 aliphatic heterocycles. The molecule has 3 N–H and O–H groups in total. The van der Waals surface area contributed by atoms with Crippen molar-refractivity contribution in [2.45, 2.75) is 18.2 Å². The largest absolute Gasteiger partial charge is 0.395 e. The second-order valence-corrected chi connectivity index (χ2v) is 5.24. The van der Waals surface area contributed by atoms with Crippen LogP contribution in [0.2, 0.25) is 0 Å². The lowest BCUT2D eigenvalue weighted by atomic mass is 10.4. The third-order valence-electron chi connectivity index (χ3n) is 2.40. The zero-order valence-corrected chi connectivity index (χ0v) is 15.3. The third-order valence-corrected chi connectivity index (χ3v) is 3.50. The Balaban J connectivity index is 0.00000400. The fraction of sp³-hybridized carbons (Fsp3) is 0.500. The number of rotatable bonds is 8. The van der Waals surface area contributed by atoms with Gasteiger partial charge in [-0.15, -0.1) is 35.7 Å². The highest BCUT2D eigenvalue weighted by Gasteiger charge is 1.97. The molecule has 0 saturated carbocycles. The first-order valence-electron chi connectivity index (χ1n) is 6.77. The van der Waals surface area contributed by atoms with Crippen molar-refractivity contribution < 1.29 is 9.50 Å². The van der Waals surface area contributed by atoms with Gasteiger partial charge in [0.1, 0.15) is 5.82 Å². The van der Waals surface area contributed by atoms with Gasteiger partial charge >= 0.3 is 0 Å². The Morgan fingerprint density at radius 1 is 1.29 bits per heavy atom.